The number of ketones is 1. The van der Waals surface area contributed by atoms with Gasteiger partial charge in [-0.1, -0.05) is 54.6 Å². The van der Waals surface area contributed by atoms with Gasteiger partial charge in [-0.15, -0.1) is 0 Å². The van der Waals surface area contributed by atoms with E-state index in [1.165, 1.54) is 0 Å². The number of carbonyl (C=O) groups is 2. The van der Waals surface area contributed by atoms with E-state index in [9.17, 15) is 9.59 Å². The lowest BCUT2D eigenvalue weighted by Gasteiger charge is -2.03. The van der Waals surface area contributed by atoms with Gasteiger partial charge in [0.15, 0.2) is 5.78 Å². The molecule has 2 aromatic rings. The van der Waals surface area contributed by atoms with Crippen LogP contribution in [0.5, 0.6) is 0 Å². The summed E-state index contributed by atoms with van der Waals surface area (Å²) in [4.78, 5) is 23.4. The van der Waals surface area contributed by atoms with Gasteiger partial charge >= 0.3 is 0 Å². The van der Waals surface area contributed by atoms with Gasteiger partial charge in [0.25, 0.3) is 0 Å². The zero-order valence-electron chi connectivity index (χ0n) is 12.4. The summed E-state index contributed by atoms with van der Waals surface area (Å²) in [6.07, 6.45) is 4.55. The molecule has 1 N–H and O–H groups in total. The fourth-order valence-electron chi connectivity index (χ4n) is 2.01. The molecule has 0 unspecified atom stereocenters. The Morgan fingerprint density at radius 2 is 1.50 bits per heavy atom. The number of anilines is 1. The van der Waals surface area contributed by atoms with E-state index < -0.39 is 0 Å². The average Bonchev–Trinajstić information content (AvgIpc) is 2.55. The minimum absolute atomic E-state index is 0.0286. The van der Waals surface area contributed by atoms with Crippen LogP contribution in [0.2, 0.25) is 0 Å². The van der Waals surface area contributed by atoms with Crippen molar-refractivity contribution < 1.29 is 9.59 Å². The number of allylic oxidation sites excluding steroid dienone is 2. The Balaban J connectivity index is 1.70. The lowest BCUT2D eigenvalue weighted by Crippen LogP contribution is -2.12. The van der Waals surface area contributed by atoms with Crippen molar-refractivity contribution in [1.82, 2.24) is 0 Å². The molecule has 22 heavy (non-hydrogen) atoms. The first-order chi connectivity index (χ1) is 10.7. The van der Waals surface area contributed by atoms with Crippen LogP contribution in [-0.2, 0) is 16.0 Å². The van der Waals surface area contributed by atoms with Gasteiger partial charge in [0, 0.05) is 18.5 Å². The number of nitrogens with one attached hydrogen (secondary N) is 1. The second-order valence-electron chi connectivity index (χ2n) is 4.97. The third-order valence-corrected chi connectivity index (χ3v) is 3.16. The first-order valence-electron chi connectivity index (χ1n) is 7.32. The molecule has 2 aromatic carbocycles. The lowest BCUT2D eigenvalue weighted by molar-refractivity contribution is -0.120. The Morgan fingerprint density at radius 1 is 0.864 bits per heavy atom. The molecule has 0 aliphatic carbocycles. The highest BCUT2D eigenvalue weighted by molar-refractivity contribution is 5.96. The van der Waals surface area contributed by atoms with Crippen molar-refractivity contribution in [3.05, 3.63) is 78.4 Å². The van der Waals surface area contributed by atoms with Gasteiger partial charge in [-0.2, -0.15) is 0 Å². The smallest absolute Gasteiger partial charge is 0.224 e. The SMILES string of the molecule is O=C(/C=C/Cc1ccccc1)CCC(=O)Nc1ccccc1. The predicted molar refractivity (Wildman–Crippen MR) is 88.6 cm³/mol. The largest absolute Gasteiger partial charge is 0.326 e. The molecular formula is C19H19NO2. The standard InChI is InChI=1S/C19H19NO2/c21-18(13-7-10-16-8-3-1-4-9-16)14-15-19(22)20-17-11-5-2-6-12-17/h1-9,11-13H,10,14-15H2,(H,20,22)/b13-7+. The first kappa shape index (κ1) is 15.7. The molecule has 3 heteroatoms. The van der Waals surface area contributed by atoms with Gasteiger partial charge < -0.3 is 5.32 Å². The molecule has 3 nitrogen and oxygen atoms in total. The van der Waals surface area contributed by atoms with Crippen LogP contribution < -0.4 is 5.32 Å². The molecule has 0 bridgehead atoms. The van der Waals surface area contributed by atoms with Crippen LogP contribution in [0.15, 0.2) is 72.8 Å². The Morgan fingerprint density at radius 3 is 2.18 bits per heavy atom. The van der Waals surface area contributed by atoms with E-state index in [0.29, 0.717) is 0 Å². The van der Waals surface area contributed by atoms with E-state index in [1.54, 1.807) is 6.08 Å². The molecule has 1 amide bonds. The van der Waals surface area contributed by atoms with E-state index in [-0.39, 0.29) is 24.5 Å². The fourth-order valence-corrected chi connectivity index (χ4v) is 2.01. The summed E-state index contributed by atoms with van der Waals surface area (Å²) in [5, 5.41) is 2.76. The highest BCUT2D eigenvalue weighted by Crippen LogP contribution is 2.06. The summed E-state index contributed by atoms with van der Waals surface area (Å²) in [6.45, 7) is 0. The molecule has 0 aliphatic heterocycles. The number of carbonyl (C=O) groups excluding carboxylic acids is 2. The Bertz CT molecular complexity index is 633. The summed E-state index contributed by atoms with van der Waals surface area (Å²) in [5.74, 6) is -0.171. The average molecular weight is 293 g/mol. The zero-order valence-corrected chi connectivity index (χ0v) is 12.4. The number of amides is 1. The van der Waals surface area contributed by atoms with E-state index in [1.807, 2.05) is 66.7 Å². The monoisotopic (exact) mass is 293 g/mol. The molecule has 112 valence electrons. The van der Waals surface area contributed by atoms with Crippen LogP contribution >= 0.6 is 0 Å². The summed E-state index contributed by atoms with van der Waals surface area (Å²) in [6, 6.07) is 19.2. The quantitative estimate of drug-likeness (QED) is 0.790. The molecule has 0 radical (unpaired) electrons. The minimum atomic E-state index is -0.143. The molecule has 0 heterocycles. The van der Waals surface area contributed by atoms with Gasteiger partial charge in [0.2, 0.25) is 5.91 Å². The van der Waals surface area contributed by atoms with Gasteiger partial charge in [0.05, 0.1) is 0 Å². The Hall–Kier alpha value is -2.68. The summed E-state index contributed by atoms with van der Waals surface area (Å²) >= 11 is 0. The molecule has 0 spiro atoms. The van der Waals surface area contributed by atoms with Gasteiger partial charge in [-0.25, -0.2) is 0 Å². The molecule has 0 fully saturated rings. The lowest BCUT2D eigenvalue weighted by atomic mass is 10.1. The Labute approximate surface area is 130 Å². The Kier molecular flexibility index (Phi) is 6.12. The molecule has 0 saturated heterocycles. The summed E-state index contributed by atoms with van der Waals surface area (Å²) in [5.41, 5.74) is 1.91. The van der Waals surface area contributed by atoms with Crippen molar-refractivity contribution in [2.45, 2.75) is 19.3 Å². The molecule has 0 atom stereocenters. The maximum atomic E-state index is 11.7. The maximum absolute atomic E-state index is 11.7. The summed E-state index contributed by atoms with van der Waals surface area (Å²) < 4.78 is 0. The number of para-hydroxylation sites is 1. The predicted octanol–water partition coefficient (Wildman–Crippen LogP) is 3.77. The molecular weight excluding hydrogens is 274 g/mol. The zero-order chi connectivity index (χ0) is 15.6. The second-order valence-corrected chi connectivity index (χ2v) is 4.97. The molecule has 0 saturated carbocycles. The fraction of sp³-hybridized carbons (Fsp3) is 0.158. The van der Waals surface area contributed by atoms with Crippen LogP contribution in [0, 0.1) is 0 Å². The van der Waals surface area contributed by atoms with E-state index in [4.69, 9.17) is 0 Å². The molecule has 0 aliphatic rings. The highest BCUT2D eigenvalue weighted by atomic mass is 16.2. The van der Waals surface area contributed by atoms with Crippen molar-refractivity contribution in [1.29, 1.82) is 0 Å². The van der Waals surface area contributed by atoms with E-state index in [0.717, 1.165) is 17.7 Å². The number of hydrogen-bond acceptors (Lipinski definition) is 2. The third kappa shape index (κ3) is 5.75. The van der Waals surface area contributed by atoms with Crippen LogP contribution in [-0.4, -0.2) is 11.7 Å². The maximum Gasteiger partial charge on any atom is 0.224 e. The van der Waals surface area contributed by atoms with Crippen molar-refractivity contribution in [2.75, 3.05) is 5.32 Å². The first-order valence-corrected chi connectivity index (χ1v) is 7.32. The third-order valence-electron chi connectivity index (χ3n) is 3.16. The van der Waals surface area contributed by atoms with Crippen molar-refractivity contribution >= 4 is 17.4 Å². The molecule has 2 rings (SSSR count). The minimum Gasteiger partial charge on any atom is -0.326 e. The van der Waals surface area contributed by atoms with E-state index in [2.05, 4.69) is 5.32 Å². The van der Waals surface area contributed by atoms with Crippen molar-refractivity contribution in [2.24, 2.45) is 0 Å². The highest BCUT2D eigenvalue weighted by Gasteiger charge is 2.04. The number of hydrogen-bond donors (Lipinski definition) is 1. The van der Waals surface area contributed by atoms with Gasteiger partial charge in [-0.05, 0) is 30.2 Å². The topological polar surface area (TPSA) is 46.2 Å². The number of benzene rings is 2. The van der Waals surface area contributed by atoms with Crippen molar-refractivity contribution in [3.8, 4) is 0 Å². The van der Waals surface area contributed by atoms with Crippen molar-refractivity contribution in [3.63, 3.8) is 0 Å². The molecule has 0 aromatic heterocycles. The van der Waals surface area contributed by atoms with Crippen LogP contribution in [0.25, 0.3) is 0 Å². The van der Waals surface area contributed by atoms with Crippen LogP contribution in [0.3, 0.4) is 0 Å². The van der Waals surface area contributed by atoms with Gasteiger partial charge in [-0.3, -0.25) is 9.59 Å². The van der Waals surface area contributed by atoms with Crippen LogP contribution in [0.1, 0.15) is 18.4 Å². The second kappa shape index (κ2) is 8.57. The number of rotatable bonds is 7. The van der Waals surface area contributed by atoms with Gasteiger partial charge in [0.1, 0.15) is 0 Å². The normalized spacial score (nSPS) is 10.5. The summed E-state index contributed by atoms with van der Waals surface area (Å²) in [7, 11) is 0. The van der Waals surface area contributed by atoms with Crippen LogP contribution in [0.4, 0.5) is 5.69 Å². The van der Waals surface area contributed by atoms with E-state index >= 15 is 0 Å².